The van der Waals surface area contributed by atoms with Crippen molar-refractivity contribution in [2.45, 2.75) is 52.4 Å². The number of thiophene rings is 1. The van der Waals surface area contributed by atoms with Crippen molar-refractivity contribution in [2.75, 3.05) is 14.7 Å². The fraction of sp³-hybridized carbons (Fsp3) is 0.114. The lowest BCUT2D eigenvalue weighted by atomic mass is 9.33. The Balaban J connectivity index is 1.01. The van der Waals surface area contributed by atoms with Crippen molar-refractivity contribution in [3.63, 3.8) is 0 Å². The molecule has 0 spiro atoms. The molecule has 0 saturated heterocycles. The molecule has 0 saturated carbocycles. The van der Waals surface area contributed by atoms with Gasteiger partial charge in [0, 0.05) is 76.4 Å². The van der Waals surface area contributed by atoms with Crippen molar-refractivity contribution in [3.8, 4) is 0 Å². The summed E-state index contributed by atoms with van der Waals surface area (Å²) in [4.78, 5) is 7.51. The van der Waals surface area contributed by atoms with E-state index in [-0.39, 0.29) is 17.5 Å². The van der Waals surface area contributed by atoms with Crippen LogP contribution in [0.3, 0.4) is 0 Å². The number of hydrogen-bond donors (Lipinski definition) is 0. The van der Waals surface area contributed by atoms with Gasteiger partial charge in [-0.05, 0) is 151 Å². The van der Waals surface area contributed by atoms with Crippen LogP contribution in [-0.4, -0.2) is 6.71 Å². The highest BCUT2D eigenvalue weighted by Gasteiger charge is 2.44. The second kappa shape index (κ2) is 16.5. The molecule has 6 heteroatoms. The van der Waals surface area contributed by atoms with E-state index in [4.69, 9.17) is 4.42 Å². The molecule has 2 aromatic heterocycles. The number of nitrogens with zero attached hydrogens (tertiary/aromatic N) is 3. The number of rotatable bonds is 5. The van der Waals surface area contributed by atoms with Crippen LogP contribution >= 0.6 is 11.3 Å². The first kappa shape index (κ1) is 44.9. The first-order valence-electron chi connectivity index (χ1n) is 26.6. The number of hydrogen-bond acceptors (Lipinski definition) is 5. The molecule has 76 heavy (non-hydrogen) atoms. The predicted molar refractivity (Wildman–Crippen MR) is 328 cm³/mol. The van der Waals surface area contributed by atoms with Gasteiger partial charge in [-0.3, -0.25) is 0 Å². The first-order chi connectivity index (χ1) is 36.9. The van der Waals surface area contributed by atoms with E-state index in [1.54, 1.807) is 0 Å². The average molecular weight is 996 g/mol. The normalized spacial score (nSPS) is 13.3. The van der Waals surface area contributed by atoms with Gasteiger partial charge in [0.15, 0.2) is 5.58 Å². The molecule has 0 aliphatic carbocycles. The van der Waals surface area contributed by atoms with Gasteiger partial charge in [-0.1, -0.05) is 169 Å². The van der Waals surface area contributed by atoms with Crippen molar-refractivity contribution in [3.05, 3.63) is 230 Å². The van der Waals surface area contributed by atoms with Crippen LogP contribution in [0.15, 0.2) is 223 Å². The van der Waals surface area contributed by atoms with Crippen LogP contribution < -0.4 is 31.1 Å². The molecule has 2 aliphatic heterocycles. The van der Waals surface area contributed by atoms with E-state index < -0.39 is 0 Å². The zero-order valence-electron chi connectivity index (χ0n) is 43.5. The Hall–Kier alpha value is -8.58. The van der Waals surface area contributed by atoms with Crippen LogP contribution in [0.1, 0.15) is 52.7 Å². The van der Waals surface area contributed by atoms with E-state index in [0.717, 1.165) is 56.1 Å². The summed E-state index contributed by atoms with van der Waals surface area (Å²) in [5, 5.41) is 9.65. The Morgan fingerprint density at radius 1 is 0.408 bits per heavy atom. The third-order valence-corrected chi connectivity index (χ3v) is 17.5. The van der Waals surface area contributed by atoms with Gasteiger partial charge in [-0.2, -0.15) is 0 Å². The summed E-state index contributed by atoms with van der Waals surface area (Å²) in [5.41, 5.74) is 18.3. The molecule has 0 bridgehead atoms. The van der Waals surface area contributed by atoms with E-state index in [9.17, 15) is 0 Å². The van der Waals surface area contributed by atoms with Gasteiger partial charge in [-0.15, -0.1) is 11.3 Å². The number of furan rings is 1. The van der Waals surface area contributed by atoms with Crippen molar-refractivity contribution in [2.24, 2.45) is 0 Å². The van der Waals surface area contributed by atoms with Gasteiger partial charge >= 0.3 is 0 Å². The fourth-order valence-electron chi connectivity index (χ4n) is 12.5. The van der Waals surface area contributed by atoms with Crippen molar-refractivity contribution in [1.29, 1.82) is 0 Å². The van der Waals surface area contributed by atoms with Gasteiger partial charge in [-0.25, -0.2) is 0 Å². The predicted octanol–water partition coefficient (Wildman–Crippen LogP) is 18.4. The van der Waals surface area contributed by atoms with Gasteiger partial charge in [0.1, 0.15) is 5.58 Å². The van der Waals surface area contributed by atoms with E-state index in [0.29, 0.717) is 0 Å². The van der Waals surface area contributed by atoms with Gasteiger partial charge in [0.25, 0.3) is 6.71 Å². The minimum atomic E-state index is -0.0608. The Morgan fingerprint density at radius 3 is 1.68 bits per heavy atom. The number of fused-ring (bicyclic) bond motifs is 13. The monoisotopic (exact) mass is 995 g/mol. The molecular weight excluding hydrogens is 942 g/mol. The molecule has 4 heterocycles. The highest BCUT2D eigenvalue weighted by Crippen LogP contribution is 2.49. The molecule has 15 rings (SSSR count). The molecule has 0 unspecified atom stereocenters. The zero-order valence-corrected chi connectivity index (χ0v) is 44.3. The van der Waals surface area contributed by atoms with Gasteiger partial charge in [0.05, 0.1) is 5.69 Å². The summed E-state index contributed by atoms with van der Waals surface area (Å²) in [6, 6.07) is 81.9. The van der Waals surface area contributed by atoms with Crippen LogP contribution in [0.25, 0.3) is 63.7 Å². The summed E-state index contributed by atoms with van der Waals surface area (Å²) in [7, 11) is 0. The maximum atomic E-state index is 6.92. The summed E-state index contributed by atoms with van der Waals surface area (Å²) in [5.74, 6) is 0. The number of para-hydroxylation sites is 2. The van der Waals surface area contributed by atoms with E-state index >= 15 is 0 Å². The van der Waals surface area contributed by atoms with E-state index in [1.807, 2.05) is 11.3 Å². The Bertz CT molecular complexity index is 4520. The molecule has 0 N–H and O–H groups in total. The highest BCUT2D eigenvalue weighted by atomic mass is 32.1. The topological polar surface area (TPSA) is 22.9 Å². The molecule has 0 radical (unpaired) electrons. The van der Waals surface area contributed by atoms with Crippen LogP contribution in [-0.2, 0) is 10.8 Å². The zero-order chi connectivity index (χ0) is 51.2. The second-order valence-electron chi connectivity index (χ2n) is 22.9. The molecule has 2 aliphatic rings. The Morgan fingerprint density at radius 2 is 0.974 bits per heavy atom. The minimum Gasteiger partial charge on any atom is -0.454 e. The Kier molecular flexibility index (Phi) is 9.72. The van der Waals surface area contributed by atoms with Gasteiger partial charge in [0.2, 0.25) is 0 Å². The molecule has 364 valence electrons. The quantitative estimate of drug-likeness (QED) is 0.127. The molecule has 0 atom stereocenters. The highest BCUT2D eigenvalue weighted by molar-refractivity contribution is 7.26. The average Bonchev–Trinajstić information content (AvgIpc) is 4.15. The van der Waals surface area contributed by atoms with Crippen molar-refractivity contribution < 1.29 is 4.42 Å². The van der Waals surface area contributed by atoms with Crippen LogP contribution in [0, 0.1) is 0 Å². The van der Waals surface area contributed by atoms with Crippen LogP contribution in [0.2, 0.25) is 0 Å². The molecular formula is C70H54BN3OS. The summed E-state index contributed by atoms with van der Waals surface area (Å²) in [6.07, 6.45) is 0. The van der Waals surface area contributed by atoms with Gasteiger partial charge < -0.3 is 19.1 Å². The standard InChI is InChI=1S/C70H54BN3OS/c1-69(2,3)45-28-33-47(34-29-45)73-59-20-14-21-60-67(59)71(58-42-66-56(53-18-10-12-24-65(53)76-66)41-63(58)74(60)48-35-30-46(31-36-48)70(4,5)6)57-38-37-50(40-62(57)73)72(61-22-13-19-54-52-17-9-11-23-64(52)75-68(54)61)49-32-27-44-26-25-43-15-7-8-16-51(43)55(44)39-49/h7-42H,1-6H3. The lowest BCUT2D eigenvalue weighted by Gasteiger charge is -2.44. The molecule has 13 aromatic rings. The molecule has 0 amide bonds. The number of anilines is 9. The molecule has 4 nitrogen and oxygen atoms in total. The second-order valence-corrected chi connectivity index (χ2v) is 24.0. The lowest BCUT2D eigenvalue weighted by Crippen LogP contribution is -2.61. The SMILES string of the molecule is CC(C)(C)c1ccc(N2c3cc(N(c4ccc5ccc6ccccc6c5c4)c4cccc5c4oc4ccccc45)ccc3B3c4cc5sc6ccccc6c5cc4N(c4ccc(C(C)(C)C)cc4)c4cccc2c43)cc1. The van der Waals surface area contributed by atoms with Crippen LogP contribution in [0.4, 0.5) is 51.2 Å². The summed E-state index contributed by atoms with van der Waals surface area (Å²) >= 11 is 1.89. The summed E-state index contributed by atoms with van der Waals surface area (Å²) < 4.78 is 9.53. The third-order valence-electron chi connectivity index (χ3n) is 16.3. The third kappa shape index (κ3) is 6.83. The Labute approximate surface area is 447 Å². The maximum Gasteiger partial charge on any atom is 0.252 e. The van der Waals surface area contributed by atoms with E-state index in [2.05, 4.69) is 275 Å². The first-order valence-corrected chi connectivity index (χ1v) is 27.4. The van der Waals surface area contributed by atoms with Crippen molar-refractivity contribution >= 4 is 149 Å². The molecule has 11 aromatic carbocycles. The van der Waals surface area contributed by atoms with Crippen LogP contribution in [0.5, 0.6) is 0 Å². The van der Waals surface area contributed by atoms with Crippen molar-refractivity contribution in [1.82, 2.24) is 0 Å². The summed E-state index contributed by atoms with van der Waals surface area (Å²) in [6.45, 7) is 13.7. The minimum absolute atomic E-state index is 0.00342. The smallest absolute Gasteiger partial charge is 0.252 e. The lowest BCUT2D eigenvalue weighted by molar-refractivity contribution is 0.590. The fourth-order valence-corrected chi connectivity index (χ4v) is 13.7. The number of benzene rings is 11. The largest absolute Gasteiger partial charge is 0.454 e. The molecule has 0 fully saturated rings. The maximum absolute atomic E-state index is 6.92. The van der Waals surface area contributed by atoms with E-state index in [1.165, 1.54) is 86.3 Å².